The maximum atomic E-state index is 11.2. The van der Waals surface area contributed by atoms with Gasteiger partial charge in [-0.1, -0.05) is 23.8 Å². The van der Waals surface area contributed by atoms with Crippen molar-refractivity contribution in [2.45, 2.75) is 6.92 Å². The zero-order valence-electron chi connectivity index (χ0n) is 18.9. The van der Waals surface area contributed by atoms with Gasteiger partial charge >= 0.3 is 6.09 Å². The predicted octanol–water partition coefficient (Wildman–Crippen LogP) is 3.12. The number of carboxylic acid groups (broad SMARTS) is 1. The molecule has 6 rings (SSSR count). The van der Waals surface area contributed by atoms with E-state index in [2.05, 4.69) is 29.1 Å². The Bertz CT molecular complexity index is 1540. The highest BCUT2D eigenvalue weighted by Crippen LogP contribution is 2.26. The molecule has 5 heterocycles. The lowest BCUT2D eigenvalue weighted by Gasteiger charge is -2.29. The van der Waals surface area contributed by atoms with Crippen molar-refractivity contribution in [2.75, 3.05) is 31.2 Å². The second-order valence-electron chi connectivity index (χ2n) is 8.31. The van der Waals surface area contributed by atoms with Gasteiger partial charge in [0.05, 0.1) is 18.9 Å². The van der Waals surface area contributed by atoms with Gasteiger partial charge in [-0.05, 0) is 25.1 Å². The highest BCUT2D eigenvalue weighted by Gasteiger charge is 2.20. The molecule has 1 N–H and O–H groups in total. The quantitative estimate of drug-likeness (QED) is 0.426. The first-order valence-electron chi connectivity index (χ1n) is 11.2. The SMILES string of the molecule is Cc1cccc(-c2ccn(-c3cc(N4CCOCC4)n4nc(-c5ccn(C(=O)O)n5)cc4n3)n2)c1. The van der Waals surface area contributed by atoms with Gasteiger partial charge in [0.25, 0.3) is 0 Å². The van der Waals surface area contributed by atoms with E-state index in [-0.39, 0.29) is 0 Å². The Morgan fingerprint density at radius 2 is 1.77 bits per heavy atom. The van der Waals surface area contributed by atoms with Crippen LogP contribution in [0.1, 0.15) is 5.56 Å². The summed E-state index contributed by atoms with van der Waals surface area (Å²) in [5.41, 5.74) is 4.66. The van der Waals surface area contributed by atoms with Crippen LogP contribution >= 0.6 is 0 Å². The van der Waals surface area contributed by atoms with Crippen molar-refractivity contribution in [3.05, 3.63) is 66.5 Å². The van der Waals surface area contributed by atoms with E-state index in [9.17, 15) is 9.90 Å². The number of aromatic nitrogens is 7. The zero-order valence-corrected chi connectivity index (χ0v) is 18.9. The Balaban J connectivity index is 1.45. The van der Waals surface area contributed by atoms with Crippen LogP contribution in [0.4, 0.5) is 10.6 Å². The molecule has 1 aliphatic heterocycles. The van der Waals surface area contributed by atoms with Crippen molar-refractivity contribution >= 4 is 17.6 Å². The maximum absolute atomic E-state index is 11.2. The number of fused-ring (bicyclic) bond motifs is 1. The summed E-state index contributed by atoms with van der Waals surface area (Å²) in [5, 5.41) is 22.8. The minimum atomic E-state index is -1.16. The summed E-state index contributed by atoms with van der Waals surface area (Å²) in [6.07, 6.45) is 2.13. The number of aryl methyl sites for hydroxylation is 1. The fourth-order valence-electron chi connectivity index (χ4n) is 4.18. The molecule has 1 saturated heterocycles. The van der Waals surface area contributed by atoms with Gasteiger partial charge in [-0.15, -0.1) is 0 Å². The summed E-state index contributed by atoms with van der Waals surface area (Å²) in [7, 11) is 0. The summed E-state index contributed by atoms with van der Waals surface area (Å²) in [5.74, 6) is 1.50. The molecule has 11 nitrogen and oxygen atoms in total. The molecular formula is C24H22N8O3. The molecule has 0 radical (unpaired) electrons. The molecule has 0 atom stereocenters. The molecule has 0 saturated carbocycles. The Morgan fingerprint density at radius 1 is 0.943 bits per heavy atom. The topological polar surface area (TPSA) is 116 Å². The summed E-state index contributed by atoms with van der Waals surface area (Å²) in [6.45, 7) is 4.73. The number of benzene rings is 1. The fourth-order valence-corrected chi connectivity index (χ4v) is 4.18. The van der Waals surface area contributed by atoms with E-state index in [0.29, 0.717) is 36.1 Å². The van der Waals surface area contributed by atoms with Crippen LogP contribution in [0.25, 0.3) is 34.1 Å². The highest BCUT2D eigenvalue weighted by molar-refractivity contribution is 5.70. The van der Waals surface area contributed by atoms with Crippen molar-refractivity contribution in [3.63, 3.8) is 0 Å². The minimum absolute atomic E-state index is 0.452. The zero-order chi connectivity index (χ0) is 23.9. The third-order valence-electron chi connectivity index (χ3n) is 5.92. The maximum Gasteiger partial charge on any atom is 0.432 e. The first-order chi connectivity index (χ1) is 17.0. The summed E-state index contributed by atoms with van der Waals surface area (Å²) in [4.78, 5) is 18.2. The van der Waals surface area contributed by atoms with Crippen LogP contribution in [-0.2, 0) is 4.74 Å². The van der Waals surface area contributed by atoms with Gasteiger partial charge in [-0.3, -0.25) is 0 Å². The van der Waals surface area contributed by atoms with Gasteiger partial charge < -0.3 is 14.7 Å². The van der Waals surface area contributed by atoms with Crippen LogP contribution in [0.2, 0.25) is 0 Å². The van der Waals surface area contributed by atoms with Gasteiger partial charge in [0.15, 0.2) is 11.5 Å². The molecule has 0 aliphatic carbocycles. The Hall–Kier alpha value is -4.51. The molecule has 0 bridgehead atoms. The number of carbonyl (C=O) groups is 1. The van der Waals surface area contributed by atoms with Crippen LogP contribution < -0.4 is 4.90 Å². The number of hydrogen-bond donors (Lipinski definition) is 1. The van der Waals surface area contributed by atoms with Crippen LogP contribution in [0.15, 0.2) is 60.9 Å². The largest absolute Gasteiger partial charge is 0.463 e. The van der Waals surface area contributed by atoms with Crippen molar-refractivity contribution in [1.82, 2.24) is 34.2 Å². The third-order valence-corrected chi connectivity index (χ3v) is 5.92. The van der Waals surface area contributed by atoms with E-state index in [4.69, 9.17) is 19.9 Å². The van der Waals surface area contributed by atoms with E-state index >= 15 is 0 Å². The molecule has 176 valence electrons. The molecular weight excluding hydrogens is 448 g/mol. The average Bonchev–Trinajstić information content (AvgIpc) is 3.63. The van der Waals surface area contributed by atoms with Crippen LogP contribution in [-0.4, -0.2) is 71.7 Å². The summed E-state index contributed by atoms with van der Waals surface area (Å²) < 4.78 is 9.91. The van der Waals surface area contributed by atoms with Crippen molar-refractivity contribution in [2.24, 2.45) is 0 Å². The predicted molar refractivity (Wildman–Crippen MR) is 128 cm³/mol. The first-order valence-corrected chi connectivity index (χ1v) is 11.2. The molecule has 5 aromatic rings. The Morgan fingerprint density at radius 3 is 2.54 bits per heavy atom. The van der Waals surface area contributed by atoms with Crippen molar-refractivity contribution in [1.29, 1.82) is 0 Å². The number of ether oxygens (including phenoxy) is 1. The minimum Gasteiger partial charge on any atom is -0.463 e. The second-order valence-corrected chi connectivity index (χ2v) is 8.31. The monoisotopic (exact) mass is 470 g/mol. The normalized spacial score (nSPS) is 14.0. The van der Waals surface area contributed by atoms with Gasteiger partial charge in [0.2, 0.25) is 0 Å². The number of nitrogens with zero attached hydrogens (tertiary/aromatic N) is 8. The highest BCUT2D eigenvalue weighted by atomic mass is 16.5. The summed E-state index contributed by atoms with van der Waals surface area (Å²) >= 11 is 0. The standard InChI is InChI=1S/C24H22N8O3/c1-16-3-2-4-17(13-16)18-5-7-30(26-18)21-15-23(29-9-11-35-12-10-29)32-22(25-21)14-20(28-32)19-6-8-31(27-19)24(33)34/h2-8,13-15H,9-12H2,1H3,(H,33,34). The van der Waals surface area contributed by atoms with Crippen LogP contribution in [0, 0.1) is 6.92 Å². The van der Waals surface area contributed by atoms with E-state index in [1.165, 1.54) is 11.8 Å². The number of hydrogen-bond acceptors (Lipinski definition) is 7. The molecule has 1 fully saturated rings. The molecule has 0 spiro atoms. The van der Waals surface area contributed by atoms with Gasteiger partial charge in [-0.2, -0.15) is 24.5 Å². The molecule has 0 unspecified atom stereocenters. The lowest BCUT2D eigenvalue weighted by Crippen LogP contribution is -2.37. The Labute approximate surface area is 199 Å². The number of rotatable bonds is 4. The van der Waals surface area contributed by atoms with Gasteiger partial charge in [-0.25, -0.2) is 14.5 Å². The molecule has 1 aromatic carbocycles. The number of morpholine rings is 1. The van der Waals surface area contributed by atoms with Gasteiger partial charge in [0, 0.05) is 43.2 Å². The first kappa shape index (κ1) is 21.1. The average molecular weight is 470 g/mol. The third kappa shape index (κ3) is 3.91. The fraction of sp³-hybridized carbons (Fsp3) is 0.208. The van der Waals surface area contributed by atoms with Crippen LogP contribution in [0.3, 0.4) is 0 Å². The lowest BCUT2D eigenvalue weighted by molar-refractivity contribution is 0.122. The molecule has 1 aliphatic rings. The smallest absolute Gasteiger partial charge is 0.432 e. The summed E-state index contributed by atoms with van der Waals surface area (Å²) in [6, 6.07) is 15.6. The van der Waals surface area contributed by atoms with E-state index in [1.807, 2.05) is 30.5 Å². The van der Waals surface area contributed by atoms with E-state index < -0.39 is 6.09 Å². The van der Waals surface area contributed by atoms with E-state index in [0.717, 1.165) is 34.8 Å². The Kier molecular flexibility index (Phi) is 5.03. The van der Waals surface area contributed by atoms with Gasteiger partial charge in [0.1, 0.15) is 17.2 Å². The van der Waals surface area contributed by atoms with Crippen molar-refractivity contribution < 1.29 is 14.6 Å². The second kappa shape index (κ2) is 8.37. The molecule has 35 heavy (non-hydrogen) atoms. The molecule has 11 heteroatoms. The lowest BCUT2D eigenvalue weighted by atomic mass is 10.1. The molecule has 0 amide bonds. The van der Waals surface area contributed by atoms with E-state index in [1.54, 1.807) is 21.3 Å². The van der Waals surface area contributed by atoms with Crippen LogP contribution in [0.5, 0.6) is 0 Å². The molecule has 4 aromatic heterocycles. The number of anilines is 1. The van der Waals surface area contributed by atoms with Crippen molar-refractivity contribution in [3.8, 4) is 28.5 Å².